The van der Waals surface area contributed by atoms with E-state index >= 15 is 0 Å². The number of methoxy groups -OCH3 is 1. The van der Waals surface area contributed by atoms with Gasteiger partial charge in [0.1, 0.15) is 5.75 Å². The first-order valence-corrected chi connectivity index (χ1v) is 7.09. The Morgan fingerprint density at radius 1 is 1.33 bits per heavy atom. The zero-order valence-electron chi connectivity index (χ0n) is 11.8. The van der Waals surface area contributed by atoms with Crippen molar-refractivity contribution in [3.63, 3.8) is 0 Å². The van der Waals surface area contributed by atoms with Crippen LogP contribution in [-0.4, -0.2) is 13.2 Å². The van der Waals surface area contributed by atoms with E-state index in [0.29, 0.717) is 12.1 Å². The van der Waals surface area contributed by atoms with E-state index in [2.05, 4.69) is 37.4 Å². The average molecular weight is 247 g/mol. The molecular weight excluding hydrogens is 222 g/mol. The molecule has 2 rings (SSSR count). The van der Waals surface area contributed by atoms with Crippen molar-refractivity contribution in [3.8, 4) is 5.75 Å². The molecule has 0 bridgehead atoms. The molecule has 1 aromatic carbocycles. The third-order valence-electron chi connectivity index (χ3n) is 4.04. The standard InChI is InChI=1S/C16H25NO/c1-12(10-14-6-4-7-14)17-13(2)15-8-5-9-16(11-15)18-3/h5,8-9,11-14,17H,4,6-7,10H2,1-3H3. The SMILES string of the molecule is COc1cccc(C(C)NC(C)CC2CCC2)c1. The Morgan fingerprint density at radius 3 is 2.72 bits per heavy atom. The first-order valence-electron chi connectivity index (χ1n) is 7.09. The monoisotopic (exact) mass is 247 g/mol. The molecule has 2 unspecified atom stereocenters. The lowest BCUT2D eigenvalue weighted by molar-refractivity contribution is 0.259. The van der Waals surface area contributed by atoms with Gasteiger partial charge in [0.05, 0.1) is 7.11 Å². The van der Waals surface area contributed by atoms with Gasteiger partial charge >= 0.3 is 0 Å². The van der Waals surface area contributed by atoms with Gasteiger partial charge in [-0.25, -0.2) is 0 Å². The summed E-state index contributed by atoms with van der Waals surface area (Å²) in [6, 6.07) is 9.31. The van der Waals surface area contributed by atoms with Crippen LogP contribution < -0.4 is 10.1 Å². The van der Waals surface area contributed by atoms with Crippen LogP contribution in [0.2, 0.25) is 0 Å². The molecule has 1 aliphatic carbocycles. The van der Waals surface area contributed by atoms with Crippen LogP contribution in [0.15, 0.2) is 24.3 Å². The zero-order chi connectivity index (χ0) is 13.0. The van der Waals surface area contributed by atoms with Crippen LogP contribution in [0.3, 0.4) is 0 Å². The van der Waals surface area contributed by atoms with Crippen molar-refractivity contribution < 1.29 is 4.74 Å². The highest BCUT2D eigenvalue weighted by Gasteiger charge is 2.20. The lowest BCUT2D eigenvalue weighted by Gasteiger charge is -2.30. The molecule has 2 nitrogen and oxygen atoms in total. The zero-order valence-corrected chi connectivity index (χ0v) is 11.8. The third-order valence-corrected chi connectivity index (χ3v) is 4.04. The van der Waals surface area contributed by atoms with Crippen molar-refractivity contribution in [3.05, 3.63) is 29.8 Å². The molecule has 0 spiro atoms. The van der Waals surface area contributed by atoms with Gasteiger partial charge in [0.25, 0.3) is 0 Å². The van der Waals surface area contributed by atoms with Gasteiger partial charge in [-0.1, -0.05) is 31.4 Å². The maximum Gasteiger partial charge on any atom is 0.119 e. The van der Waals surface area contributed by atoms with E-state index in [1.54, 1.807) is 7.11 Å². The average Bonchev–Trinajstić information content (AvgIpc) is 2.34. The van der Waals surface area contributed by atoms with Crippen LogP contribution in [0.25, 0.3) is 0 Å². The molecule has 0 aliphatic heterocycles. The van der Waals surface area contributed by atoms with E-state index < -0.39 is 0 Å². The summed E-state index contributed by atoms with van der Waals surface area (Å²) < 4.78 is 5.27. The third kappa shape index (κ3) is 3.49. The van der Waals surface area contributed by atoms with Gasteiger partial charge in [-0.2, -0.15) is 0 Å². The fourth-order valence-electron chi connectivity index (χ4n) is 2.73. The molecule has 0 aromatic heterocycles. The van der Waals surface area contributed by atoms with Crippen molar-refractivity contribution in [1.82, 2.24) is 5.32 Å². The highest BCUT2D eigenvalue weighted by molar-refractivity contribution is 5.30. The minimum absolute atomic E-state index is 0.384. The first kappa shape index (κ1) is 13.4. The second-order valence-corrected chi connectivity index (χ2v) is 5.60. The molecule has 0 radical (unpaired) electrons. The molecule has 1 N–H and O–H groups in total. The molecule has 100 valence electrons. The number of hydrogen-bond acceptors (Lipinski definition) is 2. The molecular formula is C16H25NO. The second kappa shape index (κ2) is 6.24. The molecule has 18 heavy (non-hydrogen) atoms. The summed E-state index contributed by atoms with van der Waals surface area (Å²) in [5.41, 5.74) is 1.30. The molecule has 1 fully saturated rings. The predicted molar refractivity (Wildman–Crippen MR) is 76.0 cm³/mol. The maximum atomic E-state index is 5.27. The van der Waals surface area contributed by atoms with Gasteiger partial charge in [-0.05, 0) is 43.9 Å². The van der Waals surface area contributed by atoms with E-state index in [1.807, 2.05) is 6.07 Å². The Kier molecular flexibility index (Phi) is 4.65. The van der Waals surface area contributed by atoms with Crippen molar-refractivity contribution in [2.45, 2.75) is 51.6 Å². The summed E-state index contributed by atoms with van der Waals surface area (Å²) in [5, 5.41) is 3.69. The number of benzene rings is 1. The molecule has 0 amide bonds. The van der Waals surface area contributed by atoms with Gasteiger partial charge in [0.2, 0.25) is 0 Å². The first-order chi connectivity index (χ1) is 8.69. The summed E-state index contributed by atoms with van der Waals surface area (Å²) >= 11 is 0. The van der Waals surface area contributed by atoms with Gasteiger partial charge < -0.3 is 10.1 Å². The van der Waals surface area contributed by atoms with Crippen LogP contribution in [0, 0.1) is 5.92 Å². The lowest BCUT2D eigenvalue weighted by atomic mass is 9.81. The Bertz CT molecular complexity index is 373. The lowest BCUT2D eigenvalue weighted by Crippen LogP contribution is -2.32. The normalized spacial score (nSPS) is 19.1. The highest BCUT2D eigenvalue weighted by atomic mass is 16.5. The Morgan fingerprint density at radius 2 is 2.11 bits per heavy atom. The van der Waals surface area contributed by atoms with Crippen LogP contribution in [-0.2, 0) is 0 Å². The van der Waals surface area contributed by atoms with Crippen LogP contribution in [0.1, 0.15) is 51.1 Å². The van der Waals surface area contributed by atoms with Crippen molar-refractivity contribution in [1.29, 1.82) is 0 Å². The van der Waals surface area contributed by atoms with Crippen molar-refractivity contribution >= 4 is 0 Å². The van der Waals surface area contributed by atoms with Gasteiger partial charge in [0, 0.05) is 12.1 Å². The van der Waals surface area contributed by atoms with E-state index in [0.717, 1.165) is 11.7 Å². The topological polar surface area (TPSA) is 21.3 Å². The second-order valence-electron chi connectivity index (χ2n) is 5.60. The number of nitrogens with one attached hydrogen (secondary N) is 1. The summed E-state index contributed by atoms with van der Waals surface area (Å²) in [4.78, 5) is 0. The summed E-state index contributed by atoms with van der Waals surface area (Å²) in [6.45, 7) is 4.53. The van der Waals surface area contributed by atoms with Crippen molar-refractivity contribution in [2.24, 2.45) is 5.92 Å². The van der Waals surface area contributed by atoms with Gasteiger partial charge in [-0.15, -0.1) is 0 Å². The van der Waals surface area contributed by atoms with Crippen LogP contribution in [0.4, 0.5) is 0 Å². The molecule has 2 heteroatoms. The fraction of sp³-hybridized carbons (Fsp3) is 0.625. The quantitative estimate of drug-likeness (QED) is 0.822. The number of ether oxygens (including phenoxy) is 1. The van der Waals surface area contributed by atoms with Gasteiger partial charge in [0.15, 0.2) is 0 Å². The largest absolute Gasteiger partial charge is 0.497 e. The predicted octanol–water partition coefficient (Wildman–Crippen LogP) is 3.92. The molecule has 1 saturated carbocycles. The smallest absolute Gasteiger partial charge is 0.119 e. The summed E-state index contributed by atoms with van der Waals surface area (Å²) in [5.74, 6) is 1.90. The van der Waals surface area contributed by atoms with E-state index in [4.69, 9.17) is 4.74 Å². The van der Waals surface area contributed by atoms with Crippen molar-refractivity contribution in [2.75, 3.05) is 7.11 Å². The Hall–Kier alpha value is -1.02. The van der Waals surface area contributed by atoms with Crippen LogP contribution >= 0.6 is 0 Å². The molecule has 0 heterocycles. The van der Waals surface area contributed by atoms with Crippen LogP contribution in [0.5, 0.6) is 5.75 Å². The number of hydrogen-bond donors (Lipinski definition) is 1. The fourth-order valence-corrected chi connectivity index (χ4v) is 2.73. The molecule has 0 saturated heterocycles. The summed E-state index contributed by atoms with van der Waals surface area (Å²) in [7, 11) is 1.72. The van der Waals surface area contributed by atoms with E-state index in [9.17, 15) is 0 Å². The Labute approximate surface area is 111 Å². The number of rotatable bonds is 6. The Balaban J connectivity index is 1.87. The van der Waals surface area contributed by atoms with E-state index in [-0.39, 0.29) is 0 Å². The molecule has 2 atom stereocenters. The molecule has 1 aliphatic rings. The highest BCUT2D eigenvalue weighted by Crippen LogP contribution is 2.31. The molecule has 1 aromatic rings. The maximum absolute atomic E-state index is 5.27. The minimum atomic E-state index is 0.384. The van der Waals surface area contributed by atoms with E-state index in [1.165, 1.54) is 31.2 Å². The minimum Gasteiger partial charge on any atom is -0.497 e. The van der Waals surface area contributed by atoms with Gasteiger partial charge in [-0.3, -0.25) is 0 Å². The summed E-state index contributed by atoms with van der Waals surface area (Å²) in [6.07, 6.45) is 5.61.